The zero-order chi connectivity index (χ0) is 12.0. The predicted octanol–water partition coefficient (Wildman–Crippen LogP) is 2.62. The highest BCUT2D eigenvalue weighted by molar-refractivity contribution is 5.31. The summed E-state index contributed by atoms with van der Waals surface area (Å²) in [4.78, 5) is 0. The van der Waals surface area contributed by atoms with Crippen LogP contribution in [0.25, 0.3) is 0 Å². The molecule has 2 nitrogen and oxygen atoms in total. The highest BCUT2D eigenvalue weighted by Crippen LogP contribution is 2.21. The molecule has 0 aliphatic heterocycles. The molecule has 1 aromatic carbocycles. The molecule has 0 radical (unpaired) electrons. The second-order valence-corrected chi connectivity index (χ2v) is 4.13. The van der Waals surface area contributed by atoms with Crippen molar-refractivity contribution in [2.24, 2.45) is 5.92 Å². The van der Waals surface area contributed by atoms with Gasteiger partial charge in [-0.25, -0.2) is 4.39 Å². The Morgan fingerprint density at radius 2 is 2.19 bits per heavy atom. The summed E-state index contributed by atoms with van der Waals surface area (Å²) in [6.07, 6.45) is 1.73. The number of methoxy groups -OCH3 is 1. The molecule has 0 bridgehead atoms. The topological polar surface area (TPSA) is 21.3 Å². The van der Waals surface area contributed by atoms with Crippen LogP contribution in [0.4, 0.5) is 4.39 Å². The van der Waals surface area contributed by atoms with Crippen LogP contribution in [0.1, 0.15) is 18.9 Å². The monoisotopic (exact) mass is 225 g/mol. The van der Waals surface area contributed by atoms with Crippen LogP contribution in [-0.2, 0) is 6.42 Å². The summed E-state index contributed by atoms with van der Waals surface area (Å²) < 4.78 is 18.7. The average molecular weight is 225 g/mol. The fourth-order valence-corrected chi connectivity index (χ4v) is 1.76. The van der Waals surface area contributed by atoms with E-state index in [4.69, 9.17) is 4.74 Å². The summed E-state index contributed by atoms with van der Waals surface area (Å²) in [5.74, 6) is 0.663. The van der Waals surface area contributed by atoms with E-state index in [1.165, 1.54) is 7.11 Å². The molecule has 0 saturated carbocycles. The maximum Gasteiger partial charge on any atom is 0.168 e. The maximum absolute atomic E-state index is 13.8. The van der Waals surface area contributed by atoms with Gasteiger partial charge in [0.2, 0.25) is 0 Å². The van der Waals surface area contributed by atoms with Crippen molar-refractivity contribution in [1.82, 2.24) is 5.32 Å². The molecule has 0 aliphatic rings. The van der Waals surface area contributed by atoms with Gasteiger partial charge >= 0.3 is 0 Å². The van der Waals surface area contributed by atoms with Crippen molar-refractivity contribution in [1.29, 1.82) is 0 Å². The molecule has 3 heteroatoms. The van der Waals surface area contributed by atoms with E-state index in [9.17, 15) is 4.39 Å². The van der Waals surface area contributed by atoms with E-state index in [1.54, 1.807) is 6.07 Å². The normalized spacial score (nSPS) is 12.5. The van der Waals surface area contributed by atoms with Crippen LogP contribution in [0.5, 0.6) is 5.75 Å². The minimum Gasteiger partial charge on any atom is -0.494 e. The van der Waals surface area contributed by atoms with Crippen LogP contribution < -0.4 is 10.1 Å². The SMILES string of the molecule is CNCC(C)CCc1cccc(OC)c1F. The van der Waals surface area contributed by atoms with E-state index < -0.39 is 0 Å². The third kappa shape index (κ3) is 3.49. The van der Waals surface area contributed by atoms with Gasteiger partial charge in [0.25, 0.3) is 0 Å². The van der Waals surface area contributed by atoms with E-state index >= 15 is 0 Å². The molecule has 0 spiro atoms. The predicted molar refractivity (Wildman–Crippen MR) is 64.4 cm³/mol. The summed E-state index contributed by atoms with van der Waals surface area (Å²) >= 11 is 0. The lowest BCUT2D eigenvalue weighted by atomic mass is 10.0. The van der Waals surface area contributed by atoms with Crippen molar-refractivity contribution >= 4 is 0 Å². The van der Waals surface area contributed by atoms with Gasteiger partial charge in [-0.1, -0.05) is 19.1 Å². The molecule has 0 heterocycles. The number of nitrogens with one attached hydrogen (secondary N) is 1. The van der Waals surface area contributed by atoms with Gasteiger partial charge in [-0.2, -0.15) is 0 Å². The highest BCUT2D eigenvalue weighted by atomic mass is 19.1. The summed E-state index contributed by atoms with van der Waals surface area (Å²) in [7, 11) is 3.43. The van der Waals surface area contributed by atoms with E-state index in [0.717, 1.165) is 24.9 Å². The van der Waals surface area contributed by atoms with Crippen LogP contribution in [0.3, 0.4) is 0 Å². The maximum atomic E-state index is 13.8. The minimum absolute atomic E-state index is 0.221. The Labute approximate surface area is 96.8 Å². The Kier molecular flexibility index (Phi) is 5.26. The van der Waals surface area contributed by atoms with Crippen LogP contribution in [0, 0.1) is 11.7 Å². The first-order valence-electron chi connectivity index (χ1n) is 5.65. The van der Waals surface area contributed by atoms with Crippen molar-refractivity contribution in [2.45, 2.75) is 19.8 Å². The highest BCUT2D eigenvalue weighted by Gasteiger charge is 2.09. The molecule has 1 aromatic rings. The number of ether oxygens (including phenoxy) is 1. The molecule has 1 N–H and O–H groups in total. The van der Waals surface area contributed by atoms with Gasteiger partial charge in [-0.05, 0) is 44.0 Å². The molecule has 0 fully saturated rings. The van der Waals surface area contributed by atoms with E-state index in [2.05, 4.69) is 12.2 Å². The van der Waals surface area contributed by atoms with Crippen molar-refractivity contribution in [3.63, 3.8) is 0 Å². The largest absolute Gasteiger partial charge is 0.494 e. The smallest absolute Gasteiger partial charge is 0.168 e. The van der Waals surface area contributed by atoms with Gasteiger partial charge in [0, 0.05) is 0 Å². The Bertz CT molecular complexity index is 328. The zero-order valence-corrected chi connectivity index (χ0v) is 10.2. The first-order valence-corrected chi connectivity index (χ1v) is 5.65. The summed E-state index contributed by atoms with van der Waals surface area (Å²) in [5, 5.41) is 3.12. The fourth-order valence-electron chi connectivity index (χ4n) is 1.76. The fraction of sp³-hybridized carbons (Fsp3) is 0.538. The molecule has 0 saturated heterocycles. The number of benzene rings is 1. The number of halogens is 1. The molecule has 0 aliphatic carbocycles. The summed E-state index contributed by atoms with van der Waals surface area (Å²) in [6.45, 7) is 3.13. The van der Waals surface area contributed by atoms with Gasteiger partial charge in [0.05, 0.1) is 7.11 Å². The number of hydrogen-bond acceptors (Lipinski definition) is 2. The quantitative estimate of drug-likeness (QED) is 0.803. The molecule has 1 rings (SSSR count). The van der Waals surface area contributed by atoms with Crippen LogP contribution in [-0.4, -0.2) is 20.7 Å². The Hall–Kier alpha value is -1.09. The second kappa shape index (κ2) is 6.48. The second-order valence-electron chi connectivity index (χ2n) is 4.13. The molecule has 0 aromatic heterocycles. The Morgan fingerprint density at radius 1 is 1.44 bits per heavy atom. The average Bonchev–Trinajstić information content (AvgIpc) is 2.28. The molecule has 1 atom stereocenters. The van der Waals surface area contributed by atoms with E-state index in [-0.39, 0.29) is 5.82 Å². The molecular formula is C13H20FNO. The van der Waals surface area contributed by atoms with Crippen LogP contribution in [0.15, 0.2) is 18.2 Å². The van der Waals surface area contributed by atoms with Gasteiger partial charge in [0.1, 0.15) is 0 Å². The Balaban J connectivity index is 2.60. The van der Waals surface area contributed by atoms with E-state index in [1.807, 2.05) is 19.2 Å². The third-order valence-corrected chi connectivity index (χ3v) is 2.72. The standard InChI is InChI=1S/C13H20FNO/c1-10(9-15-2)7-8-11-5-4-6-12(16-3)13(11)14/h4-6,10,15H,7-9H2,1-3H3. The molecule has 90 valence electrons. The van der Waals surface area contributed by atoms with Gasteiger partial charge in [-0.3, -0.25) is 0 Å². The molecule has 0 amide bonds. The van der Waals surface area contributed by atoms with E-state index in [0.29, 0.717) is 11.7 Å². The Morgan fingerprint density at radius 3 is 2.81 bits per heavy atom. The van der Waals surface area contributed by atoms with Crippen LogP contribution in [0.2, 0.25) is 0 Å². The zero-order valence-electron chi connectivity index (χ0n) is 10.2. The lowest BCUT2D eigenvalue weighted by molar-refractivity contribution is 0.383. The summed E-state index contributed by atoms with van der Waals surface area (Å²) in [6, 6.07) is 5.31. The lowest BCUT2D eigenvalue weighted by Gasteiger charge is -2.11. The van der Waals surface area contributed by atoms with Crippen molar-refractivity contribution < 1.29 is 9.13 Å². The number of aryl methyl sites for hydroxylation is 1. The van der Waals surface area contributed by atoms with Crippen molar-refractivity contribution in [3.8, 4) is 5.75 Å². The van der Waals surface area contributed by atoms with Crippen molar-refractivity contribution in [2.75, 3.05) is 20.7 Å². The molecule has 1 unspecified atom stereocenters. The van der Waals surface area contributed by atoms with Gasteiger partial charge in [-0.15, -0.1) is 0 Å². The minimum atomic E-state index is -0.221. The molecular weight excluding hydrogens is 205 g/mol. The van der Waals surface area contributed by atoms with Gasteiger partial charge in [0.15, 0.2) is 11.6 Å². The summed E-state index contributed by atoms with van der Waals surface area (Å²) in [5.41, 5.74) is 0.738. The van der Waals surface area contributed by atoms with Crippen molar-refractivity contribution in [3.05, 3.63) is 29.6 Å². The first-order chi connectivity index (χ1) is 7.69. The molecule has 16 heavy (non-hydrogen) atoms. The van der Waals surface area contributed by atoms with Gasteiger partial charge < -0.3 is 10.1 Å². The number of hydrogen-bond donors (Lipinski definition) is 1. The first kappa shape index (κ1) is 13.0. The third-order valence-electron chi connectivity index (χ3n) is 2.72. The van der Waals surface area contributed by atoms with Crippen LogP contribution >= 0.6 is 0 Å². The lowest BCUT2D eigenvalue weighted by Crippen LogP contribution is -2.16. The number of rotatable bonds is 6.